The Labute approximate surface area is 187 Å². The fraction of sp³-hybridized carbons (Fsp3) is 0.818. The first-order chi connectivity index (χ1) is 14.8. The Morgan fingerprint density at radius 3 is 2.03 bits per heavy atom. The molecule has 0 aliphatic carbocycles. The van der Waals surface area contributed by atoms with Crippen LogP contribution in [0.5, 0.6) is 0 Å². The highest BCUT2D eigenvalue weighted by Gasteiger charge is 2.22. The smallest absolute Gasteiger partial charge is 0.462 e. The van der Waals surface area contributed by atoms with Crippen LogP contribution in [0.1, 0.15) is 97.3 Å². The molecule has 0 aliphatic heterocycles. The fourth-order valence-electron chi connectivity index (χ4n) is 2.74. The molecule has 9 heteroatoms. The van der Waals surface area contributed by atoms with Crippen molar-refractivity contribution in [3.63, 3.8) is 0 Å². The molecular formula is C22H41O8P. The Morgan fingerprint density at radius 1 is 0.806 bits per heavy atom. The lowest BCUT2D eigenvalue weighted by Gasteiger charge is -2.18. The van der Waals surface area contributed by atoms with Gasteiger partial charge in [0.25, 0.3) is 0 Å². The molecule has 0 amide bonds. The molecule has 8 nitrogen and oxygen atoms in total. The van der Waals surface area contributed by atoms with E-state index in [0.29, 0.717) is 12.8 Å². The van der Waals surface area contributed by atoms with Gasteiger partial charge in [-0.15, -0.1) is 0 Å². The summed E-state index contributed by atoms with van der Waals surface area (Å²) in [6, 6.07) is 0. The van der Waals surface area contributed by atoms with Crippen LogP contribution in [0, 0.1) is 0 Å². The second-order valence-electron chi connectivity index (χ2n) is 7.60. The Bertz CT molecular complexity index is 544. The van der Waals surface area contributed by atoms with Gasteiger partial charge in [0.2, 0.25) is 0 Å². The van der Waals surface area contributed by atoms with Crippen molar-refractivity contribution in [2.24, 2.45) is 0 Å². The summed E-state index contributed by atoms with van der Waals surface area (Å²) in [5.74, 6) is -0.943. The zero-order chi connectivity index (χ0) is 23.4. The van der Waals surface area contributed by atoms with Crippen molar-refractivity contribution in [3.05, 3.63) is 12.2 Å². The van der Waals surface area contributed by atoms with E-state index in [1.807, 2.05) is 6.92 Å². The Hall–Kier alpha value is -1.21. The molecule has 0 aromatic heterocycles. The summed E-state index contributed by atoms with van der Waals surface area (Å²) < 4.78 is 25.5. The Balaban J connectivity index is 4.07. The van der Waals surface area contributed by atoms with E-state index in [2.05, 4.69) is 23.6 Å². The molecule has 0 rings (SSSR count). The molecule has 182 valence electrons. The minimum absolute atomic E-state index is 0.202. The highest BCUT2D eigenvalue weighted by molar-refractivity contribution is 7.46. The first kappa shape index (κ1) is 29.8. The standard InChI is InChI=1S/C22H41O8P/c1-3-5-7-8-9-10-11-12-13-14-15-17-22(24)30-20(19-29-31(25,26)27)18-28-21(23)16-6-4-2/h8-9,20H,3-7,10-19H2,1-2H3,(H2,25,26,27)/b9-8+/t20-/m0/s1. The number of carbonyl (C=O) groups is 2. The van der Waals surface area contributed by atoms with Crippen LogP contribution in [-0.4, -0.2) is 41.0 Å². The molecule has 0 saturated carbocycles. The number of ether oxygens (including phenoxy) is 2. The van der Waals surface area contributed by atoms with E-state index in [1.54, 1.807) is 0 Å². The summed E-state index contributed by atoms with van der Waals surface area (Å²) >= 11 is 0. The van der Waals surface area contributed by atoms with Crippen molar-refractivity contribution in [3.8, 4) is 0 Å². The second kappa shape index (κ2) is 19.5. The lowest BCUT2D eigenvalue weighted by molar-refractivity contribution is -0.161. The maximum absolute atomic E-state index is 12.0. The van der Waals surface area contributed by atoms with Gasteiger partial charge in [-0.05, 0) is 32.1 Å². The average Bonchev–Trinajstić information content (AvgIpc) is 2.71. The highest BCUT2D eigenvalue weighted by Crippen LogP contribution is 2.35. The van der Waals surface area contributed by atoms with Crippen molar-refractivity contribution < 1.29 is 37.9 Å². The van der Waals surface area contributed by atoms with Crippen LogP contribution in [-0.2, 0) is 28.2 Å². The van der Waals surface area contributed by atoms with Crippen molar-refractivity contribution in [1.82, 2.24) is 0 Å². The van der Waals surface area contributed by atoms with E-state index in [0.717, 1.165) is 44.9 Å². The summed E-state index contributed by atoms with van der Waals surface area (Å²) in [6.07, 6.45) is 14.9. The molecule has 0 aromatic carbocycles. The number of hydrogen-bond donors (Lipinski definition) is 2. The minimum Gasteiger partial charge on any atom is -0.462 e. The van der Waals surface area contributed by atoms with Crippen molar-refractivity contribution in [2.75, 3.05) is 13.2 Å². The van der Waals surface area contributed by atoms with Crippen LogP contribution in [0.3, 0.4) is 0 Å². The third-order valence-corrected chi connectivity index (χ3v) is 5.02. The predicted molar refractivity (Wildman–Crippen MR) is 119 cm³/mol. The molecule has 0 fully saturated rings. The van der Waals surface area contributed by atoms with Crippen LogP contribution in [0.2, 0.25) is 0 Å². The summed E-state index contributed by atoms with van der Waals surface area (Å²) in [7, 11) is -4.71. The SMILES string of the molecule is CCCC/C=C/CCCCCCCC(=O)O[C@@H](COC(=O)CCCC)COP(=O)(O)O. The fourth-order valence-corrected chi connectivity index (χ4v) is 3.10. The third-order valence-electron chi connectivity index (χ3n) is 4.53. The van der Waals surface area contributed by atoms with E-state index in [9.17, 15) is 14.2 Å². The lowest BCUT2D eigenvalue weighted by atomic mass is 10.1. The summed E-state index contributed by atoms with van der Waals surface area (Å²) in [5.41, 5.74) is 0. The molecule has 0 spiro atoms. The largest absolute Gasteiger partial charge is 0.469 e. The van der Waals surface area contributed by atoms with Crippen molar-refractivity contribution in [1.29, 1.82) is 0 Å². The van der Waals surface area contributed by atoms with Gasteiger partial charge in [0.05, 0.1) is 6.61 Å². The highest BCUT2D eigenvalue weighted by atomic mass is 31.2. The van der Waals surface area contributed by atoms with Gasteiger partial charge in [-0.1, -0.05) is 64.5 Å². The van der Waals surface area contributed by atoms with Crippen molar-refractivity contribution >= 4 is 19.8 Å². The number of esters is 2. The van der Waals surface area contributed by atoms with Crippen LogP contribution in [0.4, 0.5) is 0 Å². The van der Waals surface area contributed by atoms with Gasteiger partial charge >= 0.3 is 19.8 Å². The van der Waals surface area contributed by atoms with E-state index in [-0.39, 0.29) is 19.4 Å². The molecule has 31 heavy (non-hydrogen) atoms. The zero-order valence-corrected chi connectivity index (χ0v) is 20.0. The number of unbranched alkanes of at least 4 members (excludes halogenated alkanes) is 8. The molecule has 0 radical (unpaired) electrons. The van der Waals surface area contributed by atoms with E-state index < -0.39 is 32.5 Å². The Morgan fingerprint density at radius 2 is 1.39 bits per heavy atom. The normalized spacial score (nSPS) is 12.8. The molecule has 0 bridgehead atoms. The van der Waals surface area contributed by atoms with Gasteiger partial charge in [-0.25, -0.2) is 4.57 Å². The average molecular weight is 465 g/mol. The molecule has 0 heterocycles. The van der Waals surface area contributed by atoms with Gasteiger partial charge in [0.15, 0.2) is 6.10 Å². The number of phosphoric ester groups is 1. The van der Waals surface area contributed by atoms with Crippen LogP contribution >= 0.6 is 7.82 Å². The maximum Gasteiger partial charge on any atom is 0.469 e. The zero-order valence-electron chi connectivity index (χ0n) is 19.1. The van der Waals surface area contributed by atoms with Gasteiger partial charge in [0.1, 0.15) is 6.61 Å². The number of carbonyl (C=O) groups excluding carboxylic acids is 2. The molecule has 0 saturated heterocycles. The van der Waals surface area contributed by atoms with Crippen LogP contribution in [0.25, 0.3) is 0 Å². The number of allylic oxidation sites excluding steroid dienone is 2. The van der Waals surface area contributed by atoms with E-state index in [1.165, 1.54) is 12.8 Å². The van der Waals surface area contributed by atoms with Crippen molar-refractivity contribution in [2.45, 2.75) is 103 Å². The first-order valence-electron chi connectivity index (χ1n) is 11.5. The quantitative estimate of drug-likeness (QED) is 0.109. The van der Waals surface area contributed by atoms with Gasteiger partial charge in [-0.3, -0.25) is 14.1 Å². The molecule has 1 atom stereocenters. The third kappa shape index (κ3) is 21.8. The maximum atomic E-state index is 12.0. The minimum atomic E-state index is -4.71. The molecule has 0 aliphatic rings. The number of phosphoric acid groups is 1. The van der Waals surface area contributed by atoms with Gasteiger partial charge in [-0.2, -0.15) is 0 Å². The summed E-state index contributed by atoms with van der Waals surface area (Å²) in [5, 5.41) is 0. The molecule has 0 unspecified atom stereocenters. The number of rotatable bonds is 20. The predicted octanol–water partition coefficient (Wildman–Crippen LogP) is 5.22. The first-order valence-corrected chi connectivity index (χ1v) is 13.0. The van der Waals surface area contributed by atoms with Crippen LogP contribution < -0.4 is 0 Å². The summed E-state index contributed by atoms with van der Waals surface area (Å²) in [4.78, 5) is 41.3. The molecular weight excluding hydrogens is 423 g/mol. The monoisotopic (exact) mass is 464 g/mol. The molecule has 0 aromatic rings. The lowest BCUT2D eigenvalue weighted by Crippen LogP contribution is -2.29. The van der Waals surface area contributed by atoms with Crippen LogP contribution in [0.15, 0.2) is 12.2 Å². The summed E-state index contributed by atoms with van der Waals surface area (Å²) in [6.45, 7) is 3.30. The van der Waals surface area contributed by atoms with Gasteiger partial charge in [0, 0.05) is 12.8 Å². The van der Waals surface area contributed by atoms with E-state index >= 15 is 0 Å². The second-order valence-corrected chi connectivity index (χ2v) is 8.84. The van der Waals surface area contributed by atoms with Gasteiger partial charge < -0.3 is 19.3 Å². The van der Waals surface area contributed by atoms with E-state index in [4.69, 9.17) is 19.3 Å². The molecule has 2 N–H and O–H groups in total. The Kier molecular flexibility index (Phi) is 18.7. The number of hydrogen-bond acceptors (Lipinski definition) is 6. The topological polar surface area (TPSA) is 119 Å².